The van der Waals surface area contributed by atoms with Gasteiger partial charge in [-0.15, -0.1) is 0 Å². The molecule has 5 atom stereocenters. The average Bonchev–Trinajstić information content (AvgIpc) is 2.70. The number of fused-ring (bicyclic) bond motifs is 2. The Morgan fingerprint density at radius 2 is 1.97 bits per heavy atom. The molecule has 11 heteroatoms. The maximum absolute atomic E-state index is 12.6. The molecule has 0 radical (unpaired) electrons. The van der Waals surface area contributed by atoms with Gasteiger partial charge in [0.1, 0.15) is 17.8 Å². The number of aromatic nitrogens is 2. The Labute approximate surface area is 187 Å². The van der Waals surface area contributed by atoms with E-state index in [2.05, 4.69) is 25.8 Å². The summed E-state index contributed by atoms with van der Waals surface area (Å²) in [4.78, 5) is 37.6. The van der Waals surface area contributed by atoms with Gasteiger partial charge in [0.05, 0.1) is 12.2 Å². The van der Waals surface area contributed by atoms with Crippen LogP contribution in [0.25, 0.3) is 0 Å². The molecule has 1 aromatic heterocycles. The van der Waals surface area contributed by atoms with E-state index in [1.807, 2.05) is 0 Å². The topological polar surface area (TPSA) is 112 Å². The van der Waals surface area contributed by atoms with E-state index in [-0.39, 0.29) is 5.41 Å². The normalized spacial score (nSPS) is 30.9. The molecule has 2 N–H and O–H groups in total. The summed E-state index contributed by atoms with van der Waals surface area (Å²) >= 11 is 5.31. The molecular formula is C20H33N2O7PS. The second kappa shape index (κ2) is 8.17. The van der Waals surface area contributed by atoms with Crippen molar-refractivity contribution in [2.75, 3.05) is 6.61 Å². The van der Waals surface area contributed by atoms with Crippen LogP contribution in [0.5, 0.6) is 0 Å². The summed E-state index contributed by atoms with van der Waals surface area (Å²) in [6.45, 7) is 9.97. The molecule has 176 valence electrons. The van der Waals surface area contributed by atoms with Crippen LogP contribution in [0, 0.1) is 12.3 Å². The summed E-state index contributed by atoms with van der Waals surface area (Å²) < 4.78 is 25.5. The standard InChI is InChI=1S/C20H33N2O7PS/c1-12-10-22(17(24)21-15(12)23)16-13-14(28-30(25,31)29-19(5,6)7)20(27-16,8-9-26-13)11-18(2,3)4/h10,13-14,16H,8-9,11H2,1-7H3,(H,25,31)(H,21,23,24)/t13?,14?,16-,20-,30?/m1/s1. The minimum Gasteiger partial charge on any atom is -0.371 e. The van der Waals surface area contributed by atoms with Gasteiger partial charge in [0.25, 0.3) is 5.56 Å². The first-order chi connectivity index (χ1) is 14.0. The Bertz CT molecular complexity index is 993. The second-order valence-corrected chi connectivity index (χ2v) is 13.3. The molecule has 0 aliphatic carbocycles. The van der Waals surface area contributed by atoms with Gasteiger partial charge in [0, 0.05) is 18.2 Å². The van der Waals surface area contributed by atoms with E-state index in [1.165, 1.54) is 10.8 Å². The van der Waals surface area contributed by atoms with Gasteiger partial charge in [-0.1, -0.05) is 20.8 Å². The Morgan fingerprint density at radius 1 is 1.32 bits per heavy atom. The number of ether oxygens (including phenoxy) is 2. The van der Waals surface area contributed by atoms with Crippen LogP contribution in [0.4, 0.5) is 0 Å². The summed E-state index contributed by atoms with van der Waals surface area (Å²) in [5, 5.41) is 0. The Hall–Kier alpha value is -0.870. The summed E-state index contributed by atoms with van der Waals surface area (Å²) in [6.07, 6.45) is 0.244. The third kappa shape index (κ3) is 5.55. The number of H-pyrrole nitrogens is 1. The van der Waals surface area contributed by atoms with Crippen LogP contribution in [0.1, 0.15) is 66.2 Å². The fraction of sp³-hybridized carbons (Fsp3) is 0.800. The Morgan fingerprint density at radius 3 is 2.55 bits per heavy atom. The number of hydrogen-bond donors (Lipinski definition) is 2. The van der Waals surface area contributed by atoms with Gasteiger partial charge in [0.15, 0.2) is 6.23 Å². The lowest BCUT2D eigenvalue weighted by atomic mass is 9.76. The number of nitrogens with zero attached hydrogens (tertiary/aromatic N) is 1. The molecule has 0 amide bonds. The molecule has 1 aromatic rings. The molecule has 31 heavy (non-hydrogen) atoms. The molecule has 3 unspecified atom stereocenters. The Balaban J connectivity index is 2.05. The number of aromatic amines is 1. The maximum Gasteiger partial charge on any atom is 0.330 e. The van der Waals surface area contributed by atoms with Crippen molar-refractivity contribution in [2.24, 2.45) is 5.41 Å². The molecule has 2 aliphatic heterocycles. The van der Waals surface area contributed by atoms with Crippen molar-refractivity contribution in [3.63, 3.8) is 0 Å². The van der Waals surface area contributed by atoms with Gasteiger partial charge in [-0.25, -0.2) is 4.79 Å². The van der Waals surface area contributed by atoms with E-state index >= 15 is 0 Å². The number of rotatable bonds is 5. The predicted octanol–water partition coefficient (Wildman–Crippen LogP) is 2.75. The lowest BCUT2D eigenvalue weighted by molar-refractivity contribution is -0.134. The zero-order valence-corrected chi connectivity index (χ0v) is 20.8. The second-order valence-electron chi connectivity index (χ2n) is 10.6. The van der Waals surface area contributed by atoms with E-state index < -0.39 is 47.6 Å². The van der Waals surface area contributed by atoms with Crippen molar-refractivity contribution in [1.29, 1.82) is 0 Å². The Kier molecular flexibility index (Phi) is 6.52. The summed E-state index contributed by atoms with van der Waals surface area (Å²) in [6, 6.07) is 0. The quantitative estimate of drug-likeness (QED) is 0.624. The van der Waals surface area contributed by atoms with E-state index in [4.69, 9.17) is 30.3 Å². The van der Waals surface area contributed by atoms with Gasteiger partial charge in [-0.05, 0) is 51.3 Å². The van der Waals surface area contributed by atoms with Crippen molar-refractivity contribution in [1.82, 2.24) is 9.55 Å². The number of aryl methyl sites for hydroxylation is 1. The van der Waals surface area contributed by atoms with Crippen molar-refractivity contribution >= 4 is 18.5 Å². The van der Waals surface area contributed by atoms with E-state index in [0.29, 0.717) is 25.0 Å². The van der Waals surface area contributed by atoms with E-state index in [0.717, 1.165) is 0 Å². The van der Waals surface area contributed by atoms with E-state index in [9.17, 15) is 14.5 Å². The third-order valence-electron chi connectivity index (χ3n) is 5.17. The third-order valence-corrected chi connectivity index (χ3v) is 6.93. The minimum atomic E-state index is -3.64. The van der Waals surface area contributed by atoms with Crippen molar-refractivity contribution in [3.05, 3.63) is 32.6 Å². The lowest BCUT2D eigenvalue weighted by Gasteiger charge is -2.43. The van der Waals surface area contributed by atoms with E-state index in [1.54, 1.807) is 27.7 Å². The largest absolute Gasteiger partial charge is 0.371 e. The fourth-order valence-corrected chi connectivity index (χ4v) is 6.63. The average molecular weight is 477 g/mol. The van der Waals surface area contributed by atoms with Gasteiger partial charge < -0.3 is 18.9 Å². The first-order valence-electron chi connectivity index (χ1n) is 10.4. The maximum atomic E-state index is 12.6. The van der Waals surface area contributed by atoms with Gasteiger partial charge in [-0.3, -0.25) is 18.9 Å². The van der Waals surface area contributed by atoms with Gasteiger partial charge in [0.2, 0.25) is 0 Å². The van der Waals surface area contributed by atoms with Crippen LogP contribution in [-0.4, -0.2) is 44.5 Å². The monoisotopic (exact) mass is 476 g/mol. The molecule has 0 saturated carbocycles. The summed E-state index contributed by atoms with van der Waals surface area (Å²) in [5.74, 6) is 0. The first-order valence-corrected chi connectivity index (χ1v) is 12.9. The molecule has 2 saturated heterocycles. The molecule has 3 heterocycles. The highest BCUT2D eigenvalue weighted by Gasteiger charge is 2.62. The highest BCUT2D eigenvalue weighted by molar-refractivity contribution is 8.07. The van der Waals surface area contributed by atoms with Gasteiger partial charge in [-0.2, -0.15) is 0 Å². The number of nitrogens with one attached hydrogen (secondary N) is 1. The van der Waals surface area contributed by atoms with Crippen molar-refractivity contribution in [2.45, 2.75) is 90.9 Å². The summed E-state index contributed by atoms with van der Waals surface area (Å²) in [7, 11) is 0. The van der Waals surface area contributed by atoms with Crippen LogP contribution in [-0.2, 0) is 30.3 Å². The fourth-order valence-electron chi connectivity index (χ4n) is 4.35. The smallest absolute Gasteiger partial charge is 0.330 e. The molecule has 9 nitrogen and oxygen atoms in total. The van der Waals surface area contributed by atoms with Crippen LogP contribution in [0.2, 0.25) is 0 Å². The minimum absolute atomic E-state index is 0.146. The molecule has 2 fully saturated rings. The molecule has 0 spiro atoms. The van der Waals surface area contributed by atoms with Crippen LogP contribution in [0.3, 0.4) is 0 Å². The highest BCUT2D eigenvalue weighted by Crippen LogP contribution is 2.57. The van der Waals surface area contributed by atoms with Crippen LogP contribution >= 0.6 is 6.72 Å². The summed E-state index contributed by atoms with van der Waals surface area (Å²) in [5.41, 5.74) is -2.38. The molecule has 2 bridgehead atoms. The zero-order chi connectivity index (χ0) is 23.4. The SMILES string of the molecule is Cc1cn([C@@H]2O[C@@]3(CC(C)(C)C)CCOC2C3OP(O)(=S)OC(C)(C)C)c(=O)[nH]c1=O. The molecule has 0 aromatic carbocycles. The zero-order valence-electron chi connectivity index (χ0n) is 19.1. The van der Waals surface area contributed by atoms with Gasteiger partial charge >= 0.3 is 12.4 Å². The highest BCUT2D eigenvalue weighted by atomic mass is 32.5. The number of hydrogen-bond acceptors (Lipinski definition) is 7. The predicted molar refractivity (Wildman–Crippen MR) is 120 cm³/mol. The van der Waals surface area contributed by atoms with Crippen molar-refractivity contribution < 1.29 is 23.4 Å². The lowest BCUT2D eigenvalue weighted by Crippen LogP contribution is -2.52. The van der Waals surface area contributed by atoms with Crippen LogP contribution in [0.15, 0.2) is 15.8 Å². The van der Waals surface area contributed by atoms with Crippen molar-refractivity contribution in [3.8, 4) is 0 Å². The molecule has 2 aliphatic rings. The molecule has 3 rings (SSSR count). The van der Waals surface area contributed by atoms with Crippen LogP contribution < -0.4 is 11.2 Å². The first kappa shape index (κ1) is 24.8. The molecular weight excluding hydrogens is 443 g/mol.